The van der Waals surface area contributed by atoms with Crippen LogP contribution in [0.15, 0.2) is 11.9 Å². The second-order valence-corrected chi connectivity index (χ2v) is 5.53. The van der Waals surface area contributed by atoms with Crippen LogP contribution < -0.4 is 5.32 Å². The van der Waals surface area contributed by atoms with Gasteiger partial charge >= 0.3 is 0 Å². The molecular weight excluding hydrogens is 260 g/mol. The van der Waals surface area contributed by atoms with Crippen molar-refractivity contribution in [2.24, 2.45) is 13.0 Å². The van der Waals surface area contributed by atoms with E-state index in [0.29, 0.717) is 23.3 Å². The van der Waals surface area contributed by atoms with E-state index in [0.717, 1.165) is 11.3 Å². The molecule has 1 aromatic heterocycles. The molecule has 1 amide bonds. The normalized spacial score (nSPS) is 17.7. The molecule has 1 N–H and O–H groups in total. The maximum absolute atomic E-state index is 12.3. The summed E-state index contributed by atoms with van der Waals surface area (Å²) in [6, 6.07) is 0. The highest BCUT2D eigenvalue weighted by Crippen LogP contribution is 2.17. The Morgan fingerprint density at radius 2 is 2.21 bits per heavy atom. The topological polar surface area (TPSA) is 50.2 Å². The number of hydrogen-bond acceptors (Lipinski definition) is 3. The molecule has 0 unspecified atom stereocenters. The molecule has 0 aliphatic carbocycles. The molecule has 19 heavy (non-hydrogen) atoms. The van der Waals surface area contributed by atoms with E-state index < -0.39 is 0 Å². The maximum Gasteiger partial charge on any atom is 0.276 e. The smallest absolute Gasteiger partial charge is 0.276 e. The van der Waals surface area contributed by atoms with Crippen LogP contribution in [0.4, 0.5) is 0 Å². The van der Waals surface area contributed by atoms with E-state index in [4.69, 9.17) is 12.2 Å². The molecule has 0 saturated carbocycles. The third-order valence-electron chi connectivity index (χ3n) is 2.86. The number of rotatable bonds is 3. The van der Waals surface area contributed by atoms with Gasteiger partial charge in [-0.15, -0.1) is 0 Å². The SMILES string of the molecule is Cc1nn(C)cc1C=C1NC(=S)N(CC(C)C)C1=O. The number of aromatic nitrogens is 2. The van der Waals surface area contributed by atoms with Gasteiger partial charge in [-0.05, 0) is 31.1 Å². The summed E-state index contributed by atoms with van der Waals surface area (Å²) in [5, 5.41) is 7.71. The van der Waals surface area contributed by atoms with Gasteiger partial charge in [-0.25, -0.2) is 0 Å². The van der Waals surface area contributed by atoms with E-state index >= 15 is 0 Å². The largest absolute Gasteiger partial charge is 0.328 e. The van der Waals surface area contributed by atoms with Gasteiger partial charge in [-0.1, -0.05) is 13.8 Å². The monoisotopic (exact) mass is 278 g/mol. The van der Waals surface area contributed by atoms with Crippen LogP contribution in [0.2, 0.25) is 0 Å². The lowest BCUT2D eigenvalue weighted by Crippen LogP contribution is -2.33. The second kappa shape index (κ2) is 5.13. The number of nitrogens with one attached hydrogen (secondary N) is 1. The Morgan fingerprint density at radius 1 is 1.53 bits per heavy atom. The molecule has 0 radical (unpaired) electrons. The van der Waals surface area contributed by atoms with Gasteiger partial charge < -0.3 is 5.32 Å². The third-order valence-corrected chi connectivity index (χ3v) is 3.18. The van der Waals surface area contributed by atoms with E-state index in [1.807, 2.05) is 20.2 Å². The summed E-state index contributed by atoms with van der Waals surface area (Å²) in [7, 11) is 1.86. The van der Waals surface area contributed by atoms with Gasteiger partial charge in [0.05, 0.1) is 5.69 Å². The van der Waals surface area contributed by atoms with E-state index in [1.165, 1.54) is 0 Å². The van der Waals surface area contributed by atoms with Crippen LogP contribution in [-0.4, -0.2) is 32.2 Å². The summed E-state index contributed by atoms with van der Waals surface area (Å²) in [5.41, 5.74) is 2.33. The molecule has 1 saturated heterocycles. The lowest BCUT2D eigenvalue weighted by molar-refractivity contribution is -0.122. The lowest BCUT2D eigenvalue weighted by atomic mass is 10.2. The Balaban J connectivity index is 2.25. The molecular formula is C13H18N4OS. The molecule has 1 aliphatic heterocycles. The van der Waals surface area contributed by atoms with Gasteiger partial charge in [0.2, 0.25) is 0 Å². The number of thiocarbonyl (C=S) groups is 1. The molecule has 1 aromatic rings. The van der Waals surface area contributed by atoms with Crippen LogP contribution in [0.1, 0.15) is 25.1 Å². The minimum absolute atomic E-state index is 0.0676. The number of aryl methyl sites for hydroxylation is 2. The van der Waals surface area contributed by atoms with Crippen molar-refractivity contribution in [2.45, 2.75) is 20.8 Å². The van der Waals surface area contributed by atoms with Crippen molar-refractivity contribution in [3.63, 3.8) is 0 Å². The Labute approximate surface area is 118 Å². The number of amides is 1. The average Bonchev–Trinajstić information content (AvgIpc) is 2.74. The van der Waals surface area contributed by atoms with E-state index in [-0.39, 0.29) is 5.91 Å². The molecule has 1 fully saturated rings. The first kappa shape index (κ1) is 13.7. The lowest BCUT2D eigenvalue weighted by Gasteiger charge is -2.15. The molecule has 2 heterocycles. The molecule has 0 atom stereocenters. The van der Waals surface area contributed by atoms with E-state index in [1.54, 1.807) is 15.7 Å². The van der Waals surface area contributed by atoms with Gasteiger partial charge in [-0.3, -0.25) is 14.4 Å². The van der Waals surface area contributed by atoms with Gasteiger partial charge in [0.1, 0.15) is 5.70 Å². The zero-order valence-corrected chi connectivity index (χ0v) is 12.4. The molecule has 0 bridgehead atoms. The summed E-state index contributed by atoms with van der Waals surface area (Å²) in [5.74, 6) is 0.310. The van der Waals surface area contributed by atoms with Gasteiger partial charge in [-0.2, -0.15) is 5.10 Å². The predicted molar refractivity (Wildman–Crippen MR) is 78.2 cm³/mol. The molecule has 1 aliphatic rings. The van der Waals surface area contributed by atoms with Crippen molar-refractivity contribution >= 4 is 29.3 Å². The first-order valence-electron chi connectivity index (χ1n) is 6.23. The van der Waals surface area contributed by atoms with Gasteiger partial charge in [0.25, 0.3) is 5.91 Å². The molecule has 0 aromatic carbocycles. The van der Waals surface area contributed by atoms with E-state index in [2.05, 4.69) is 24.3 Å². The zero-order chi connectivity index (χ0) is 14.2. The summed E-state index contributed by atoms with van der Waals surface area (Å²) in [4.78, 5) is 13.9. The van der Waals surface area contributed by atoms with Crippen molar-refractivity contribution in [3.8, 4) is 0 Å². The van der Waals surface area contributed by atoms with E-state index in [9.17, 15) is 4.79 Å². The van der Waals surface area contributed by atoms with Crippen LogP contribution in [0, 0.1) is 12.8 Å². The Bertz CT molecular complexity index is 559. The van der Waals surface area contributed by atoms with Crippen molar-refractivity contribution in [3.05, 3.63) is 23.2 Å². The molecule has 2 rings (SSSR count). The number of carbonyl (C=O) groups is 1. The number of carbonyl (C=O) groups excluding carboxylic acids is 1. The second-order valence-electron chi connectivity index (χ2n) is 5.14. The van der Waals surface area contributed by atoms with Gasteiger partial charge in [0, 0.05) is 25.4 Å². The summed E-state index contributed by atoms with van der Waals surface area (Å²) in [6.45, 7) is 6.66. The first-order chi connectivity index (χ1) is 8.88. The van der Waals surface area contributed by atoms with Gasteiger partial charge in [0.15, 0.2) is 5.11 Å². The first-order valence-corrected chi connectivity index (χ1v) is 6.64. The van der Waals surface area contributed by atoms with Crippen molar-refractivity contribution in [2.75, 3.05) is 6.54 Å². The number of nitrogens with zero attached hydrogens (tertiary/aromatic N) is 3. The van der Waals surface area contributed by atoms with Crippen LogP contribution >= 0.6 is 12.2 Å². The summed E-state index contributed by atoms with van der Waals surface area (Å²) >= 11 is 5.20. The average molecular weight is 278 g/mol. The highest BCUT2D eigenvalue weighted by molar-refractivity contribution is 7.80. The summed E-state index contributed by atoms with van der Waals surface area (Å²) in [6.07, 6.45) is 3.68. The third kappa shape index (κ3) is 2.84. The minimum Gasteiger partial charge on any atom is -0.328 e. The molecule has 5 nitrogen and oxygen atoms in total. The highest BCUT2D eigenvalue weighted by Gasteiger charge is 2.30. The molecule has 0 spiro atoms. The molecule has 102 valence electrons. The van der Waals surface area contributed by atoms with Crippen LogP contribution in [-0.2, 0) is 11.8 Å². The maximum atomic E-state index is 12.3. The quantitative estimate of drug-likeness (QED) is 0.671. The van der Waals surface area contributed by atoms with Crippen LogP contribution in [0.3, 0.4) is 0 Å². The van der Waals surface area contributed by atoms with Crippen molar-refractivity contribution in [1.29, 1.82) is 0 Å². The predicted octanol–water partition coefficient (Wildman–Crippen LogP) is 1.44. The zero-order valence-electron chi connectivity index (χ0n) is 11.6. The van der Waals surface area contributed by atoms with Crippen molar-refractivity contribution in [1.82, 2.24) is 20.0 Å². The van der Waals surface area contributed by atoms with Crippen LogP contribution in [0.5, 0.6) is 0 Å². The summed E-state index contributed by atoms with van der Waals surface area (Å²) < 4.78 is 1.73. The van der Waals surface area contributed by atoms with Crippen LogP contribution in [0.25, 0.3) is 6.08 Å². The fourth-order valence-electron chi connectivity index (χ4n) is 2.02. The minimum atomic E-state index is -0.0676. The Kier molecular flexibility index (Phi) is 3.71. The molecule has 6 heteroatoms. The fraction of sp³-hybridized carbons (Fsp3) is 0.462. The van der Waals surface area contributed by atoms with Crippen molar-refractivity contribution < 1.29 is 4.79 Å². The fourth-order valence-corrected chi connectivity index (χ4v) is 2.29. The highest BCUT2D eigenvalue weighted by atomic mass is 32.1. The standard InChI is InChI=1S/C13H18N4OS/c1-8(2)6-17-12(18)11(14-13(17)19)5-10-7-16(4)15-9(10)3/h5,7-8H,6H2,1-4H3,(H,14,19). The Morgan fingerprint density at radius 3 is 2.74 bits per heavy atom. The number of hydrogen-bond donors (Lipinski definition) is 1. The Hall–Kier alpha value is -1.69.